The monoisotopic (exact) mass is 376 g/mol. The molecule has 9 heteroatoms. The zero-order chi connectivity index (χ0) is 18.5. The fraction of sp³-hybridized carbons (Fsp3) is 0.438. The van der Waals surface area contributed by atoms with Gasteiger partial charge in [0.05, 0.1) is 19.5 Å². The van der Waals surface area contributed by atoms with Gasteiger partial charge in [0.25, 0.3) is 0 Å². The second-order valence-corrected chi connectivity index (χ2v) is 7.11. The largest absolute Gasteiger partial charge is 0.433 e. The van der Waals surface area contributed by atoms with Gasteiger partial charge in [-0.3, -0.25) is 4.57 Å². The van der Waals surface area contributed by atoms with Crippen LogP contribution < -0.4 is 5.44 Å². The summed E-state index contributed by atoms with van der Waals surface area (Å²) < 4.78 is 64.5. The fourth-order valence-corrected chi connectivity index (χ4v) is 4.13. The Morgan fingerprint density at radius 1 is 1.12 bits per heavy atom. The number of rotatable bonds is 8. The lowest BCUT2D eigenvalue weighted by molar-refractivity contribution is -0.142. The molecule has 1 heterocycles. The van der Waals surface area contributed by atoms with Crippen LogP contribution in [-0.4, -0.2) is 22.8 Å². The summed E-state index contributed by atoms with van der Waals surface area (Å²) in [5, 5.41) is 0. The van der Waals surface area contributed by atoms with E-state index in [1.165, 1.54) is 13.8 Å². The number of hydrogen-bond donors (Lipinski definition) is 0. The van der Waals surface area contributed by atoms with E-state index >= 15 is 0 Å². The normalized spacial score (nSPS) is 12.5. The third-order valence-electron chi connectivity index (χ3n) is 3.43. The van der Waals surface area contributed by atoms with Gasteiger partial charge in [0.15, 0.2) is 11.1 Å². The standard InChI is InChI=1S/C16H20F3N2O3P/c1-3-23-25(22,24-4-2)15-14(16(17,18)19)21(12-20-15)11-10-13-8-6-5-7-9-13/h5-9,12H,3-4,10-11H2,1-2H3. The van der Waals surface area contributed by atoms with Crippen molar-refractivity contribution in [2.45, 2.75) is 33.0 Å². The maximum atomic E-state index is 13.6. The Labute approximate surface area is 144 Å². The summed E-state index contributed by atoms with van der Waals surface area (Å²) in [5.41, 5.74) is -0.880. The minimum absolute atomic E-state index is 0.0457. The lowest BCUT2D eigenvalue weighted by Crippen LogP contribution is -2.25. The number of aromatic nitrogens is 2. The minimum Gasteiger partial charge on any atom is -0.326 e. The summed E-state index contributed by atoms with van der Waals surface area (Å²) in [6.07, 6.45) is -3.31. The summed E-state index contributed by atoms with van der Waals surface area (Å²) in [6.45, 7) is 3.01. The number of nitrogens with zero attached hydrogens (tertiary/aromatic N) is 2. The van der Waals surface area contributed by atoms with Crippen LogP contribution in [0, 0.1) is 0 Å². The van der Waals surface area contributed by atoms with E-state index in [-0.39, 0.29) is 19.8 Å². The number of halogens is 3. The number of imidazole rings is 1. The molecule has 138 valence electrons. The highest BCUT2D eigenvalue weighted by molar-refractivity contribution is 7.62. The van der Waals surface area contributed by atoms with Crippen molar-refractivity contribution < 1.29 is 26.8 Å². The number of aryl methyl sites for hydroxylation is 2. The first-order chi connectivity index (χ1) is 11.8. The highest BCUT2D eigenvalue weighted by Crippen LogP contribution is 2.49. The van der Waals surface area contributed by atoms with Crippen molar-refractivity contribution in [1.29, 1.82) is 0 Å². The average molecular weight is 376 g/mol. The van der Waals surface area contributed by atoms with E-state index in [0.717, 1.165) is 16.5 Å². The molecule has 5 nitrogen and oxygen atoms in total. The minimum atomic E-state index is -4.73. The average Bonchev–Trinajstić information content (AvgIpc) is 2.99. The topological polar surface area (TPSA) is 53.4 Å². The van der Waals surface area contributed by atoms with Gasteiger partial charge in [0, 0.05) is 6.54 Å². The molecule has 1 aromatic heterocycles. The second-order valence-electron chi connectivity index (χ2n) is 5.18. The molecule has 0 aliphatic carbocycles. The maximum absolute atomic E-state index is 13.6. The van der Waals surface area contributed by atoms with Crippen LogP contribution in [0.5, 0.6) is 0 Å². The van der Waals surface area contributed by atoms with Crippen LogP contribution >= 0.6 is 7.60 Å². The first-order valence-electron chi connectivity index (χ1n) is 7.87. The van der Waals surface area contributed by atoms with Crippen LogP contribution in [0.4, 0.5) is 13.2 Å². The summed E-state index contributed by atoms with van der Waals surface area (Å²) in [6, 6.07) is 9.13. The molecule has 0 spiro atoms. The highest BCUT2D eigenvalue weighted by Gasteiger charge is 2.45. The molecule has 2 aromatic rings. The fourth-order valence-electron chi connectivity index (χ4n) is 2.42. The molecule has 0 fully saturated rings. The van der Waals surface area contributed by atoms with Crippen molar-refractivity contribution >= 4 is 13.0 Å². The molecular formula is C16H20F3N2O3P. The predicted octanol–water partition coefficient (Wildman–Crippen LogP) is 4.04. The SMILES string of the molecule is CCOP(=O)(OCC)c1ncn(CCc2ccccc2)c1C(F)(F)F. The van der Waals surface area contributed by atoms with Crippen LogP contribution in [0.3, 0.4) is 0 Å². The van der Waals surface area contributed by atoms with Gasteiger partial charge in [-0.15, -0.1) is 0 Å². The molecule has 0 aliphatic rings. The Morgan fingerprint density at radius 2 is 1.72 bits per heavy atom. The molecule has 0 radical (unpaired) electrons. The highest BCUT2D eigenvalue weighted by atomic mass is 31.2. The van der Waals surface area contributed by atoms with Gasteiger partial charge in [0.1, 0.15) is 0 Å². The molecule has 2 rings (SSSR count). The molecule has 0 atom stereocenters. The van der Waals surface area contributed by atoms with E-state index in [4.69, 9.17) is 9.05 Å². The van der Waals surface area contributed by atoms with Gasteiger partial charge in [-0.1, -0.05) is 30.3 Å². The van der Waals surface area contributed by atoms with Gasteiger partial charge in [-0.05, 0) is 25.8 Å². The summed E-state index contributed by atoms with van der Waals surface area (Å²) in [5.74, 6) is 0. The van der Waals surface area contributed by atoms with Crippen molar-refractivity contribution in [1.82, 2.24) is 9.55 Å². The van der Waals surface area contributed by atoms with Crippen LogP contribution in [0.25, 0.3) is 0 Å². The van der Waals surface area contributed by atoms with Crippen LogP contribution in [0.15, 0.2) is 36.7 Å². The molecule has 0 bridgehead atoms. The van der Waals surface area contributed by atoms with E-state index < -0.39 is 24.9 Å². The van der Waals surface area contributed by atoms with Gasteiger partial charge in [-0.2, -0.15) is 13.2 Å². The van der Waals surface area contributed by atoms with Crippen molar-refractivity contribution in [2.24, 2.45) is 0 Å². The van der Waals surface area contributed by atoms with Crippen molar-refractivity contribution in [3.63, 3.8) is 0 Å². The molecule has 1 aromatic carbocycles. The molecule has 0 saturated carbocycles. The van der Waals surface area contributed by atoms with Crippen molar-refractivity contribution in [3.8, 4) is 0 Å². The van der Waals surface area contributed by atoms with Gasteiger partial charge >= 0.3 is 13.8 Å². The number of hydrogen-bond acceptors (Lipinski definition) is 4. The summed E-state index contributed by atoms with van der Waals surface area (Å²) in [7, 11) is -4.13. The van der Waals surface area contributed by atoms with E-state index in [1.807, 2.05) is 30.3 Å². The van der Waals surface area contributed by atoms with Gasteiger partial charge in [-0.25, -0.2) is 4.98 Å². The molecule has 0 saturated heterocycles. The van der Waals surface area contributed by atoms with E-state index in [9.17, 15) is 17.7 Å². The predicted molar refractivity (Wildman–Crippen MR) is 87.9 cm³/mol. The van der Waals surface area contributed by atoms with Crippen LogP contribution in [-0.2, 0) is 32.8 Å². The Morgan fingerprint density at radius 3 is 2.24 bits per heavy atom. The van der Waals surface area contributed by atoms with Crippen LogP contribution in [0.1, 0.15) is 25.1 Å². The molecule has 0 amide bonds. The van der Waals surface area contributed by atoms with Crippen molar-refractivity contribution in [2.75, 3.05) is 13.2 Å². The molecule has 25 heavy (non-hydrogen) atoms. The lowest BCUT2D eigenvalue weighted by Gasteiger charge is -2.18. The Bertz CT molecular complexity index is 722. The molecule has 0 unspecified atom stereocenters. The first-order valence-corrected chi connectivity index (χ1v) is 9.42. The summed E-state index contributed by atoms with van der Waals surface area (Å²) >= 11 is 0. The Balaban J connectivity index is 2.39. The molecular weight excluding hydrogens is 356 g/mol. The van der Waals surface area contributed by atoms with Crippen LogP contribution in [0.2, 0.25) is 0 Å². The zero-order valence-corrected chi connectivity index (χ0v) is 14.9. The third kappa shape index (κ3) is 4.71. The third-order valence-corrected chi connectivity index (χ3v) is 5.47. The maximum Gasteiger partial charge on any atom is 0.433 e. The zero-order valence-electron chi connectivity index (χ0n) is 14.0. The number of benzene rings is 1. The van der Waals surface area contributed by atoms with Crippen molar-refractivity contribution in [3.05, 3.63) is 47.9 Å². The Kier molecular flexibility index (Phi) is 6.43. The van der Waals surface area contributed by atoms with E-state index in [1.54, 1.807) is 0 Å². The smallest absolute Gasteiger partial charge is 0.326 e. The molecule has 0 aliphatic heterocycles. The van der Waals surface area contributed by atoms with Gasteiger partial charge < -0.3 is 13.6 Å². The second kappa shape index (κ2) is 8.17. The Hall–Kier alpha value is -1.63. The molecule has 0 N–H and O–H groups in total. The first kappa shape index (κ1) is 19.7. The van der Waals surface area contributed by atoms with Gasteiger partial charge in [0.2, 0.25) is 0 Å². The summed E-state index contributed by atoms with van der Waals surface area (Å²) in [4.78, 5) is 3.73. The van der Waals surface area contributed by atoms with E-state index in [2.05, 4.69) is 4.98 Å². The quantitative estimate of drug-likeness (QED) is 0.653. The number of alkyl halides is 3. The lowest BCUT2D eigenvalue weighted by atomic mass is 10.1. The van der Waals surface area contributed by atoms with E-state index in [0.29, 0.717) is 6.42 Å².